The summed E-state index contributed by atoms with van der Waals surface area (Å²) in [6.45, 7) is 3.19. The summed E-state index contributed by atoms with van der Waals surface area (Å²) in [5, 5.41) is 2.87. The largest absolute Gasteiger partial charge is 0.467 e. The summed E-state index contributed by atoms with van der Waals surface area (Å²) in [7, 11) is 2.13. The quantitative estimate of drug-likeness (QED) is 0.837. The number of carbonyl (C=O) groups is 2. The Kier molecular flexibility index (Phi) is 5.73. The van der Waals surface area contributed by atoms with E-state index in [0.717, 1.165) is 30.1 Å². The molecule has 148 valence electrons. The first kappa shape index (κ1) is 19.1. The Morgan fingerprint density at radius 1 is 1.36 bits per heavy atom. The van der Waals surface area contributed by atoms with Gasteiger partial charge in [-0.05, 0) is 62.7 Å². The highest BCUT2D eigenvalue weighted by Gasteiger charge is 2.29. The van der Waals surface area contributed by atoms with Crippen molar-refractivity contribution in [3.63, 3.8) is 0 Å². The second-order valence-electron chi connectivity index (χ2n) is 7.51. The number of rotatable bonds is 5. The monoisotopic (exact) mass is 399 g/mol. The summed E-state index contributed by atoms with van der Waals surface area (Å²) in [6.07, 6.45) is 3.89. The molecule has 28 heavy (non-hydrogen) atoms. The number of amides is 2. The Morgan fingerprint density at radius 3 is 3.04 bits per heavy atom. The zero-order chi connectivity index (χ0) is 19.5. The lowest BCUT2D eigenvalue weighted by molar-refractivity contribution is -0.116. The Labute approximate surface area is 169 Å². The number of nitrogens with one attached hydrogen (secondary N) is 1. The number of furan rings is 1. The molecule has 0 saturated carbocycles. The number of piperidine rings is 1. The molecule has 1 N–H and O–H groups in total. The molecule has 6 nitrogen and oxygen atoms in total. The van der Waals surface area contributed by atoms with Crippen LogP contribution < -0.4 is 10.2 Å². The summed E-state index contributed by atoms with van der Waals surface area (Å²) in [6, 6.07) is 9.25. The van der Waals surface area contributed by atoms with Crippen LogP contribution in [0.1, 0.15) is 29.0 Å². The highest BCUT2D eigenvalue weighted by molar-refractivity contribution is 8.00. The minimum absolute atomic E-state index is 0.124. The highest BCUT2D eigenvalue weighted by atomic mass is 32.2. The molecule has 0 radical (unpaired) electrons. The molecule has 1 fully saturated rings. The van der Waals surface area contributed by atoms with E-state index in [1.807, 2.05) is 29.2 Å². The zero-order valence-electron chi connectivity index (χ0n) is 16.0. The molecule has 7 heteroatoms. The van der Waals surface area contributed by atoms with Crippen LogP contribution in [0.5, 0.6) is 0 Å². The van der Waals surface area contributed by atoms with Crippen molar-refractivity contribution in [2.24, 2.45) is 5.92 Å². The molecule has 0 bridgehead atoms. The Balaban J connectivity index is 1.50. The van der Waals surface area contributed by atoms with Gasteiger partial charge in [0.05, 0.1) is 24.2 Å². The van der Waals surface area contributed by atoms with Gasteiger partial charge in [-0.15, -0.1) is 11.8 Å². The van der Waals surface area contributed by atoms with Crippen molar-refractivity contribution in [3.05, 3.63) is 47.9 Å². The third kappa shape index (κ3) is 4.25. The van der Waals surface area contributed by atoms with Crippen molar-refractivity contribution in [1.82, 2.24) is 10.2 Å². The molecule has 2 aromatic rings. The van der Waals surface area contributed by atoms with E-state index in [-0.39, 0.29) is 11.8 Å². The molecule has 1 atom stereocenters. The molecule has 2 aliphatic rings. The summed E-state index contributed by atoms with van der Waals surface area (Å²) in [5.41, 5.74) is 1.42. The van der Waals surface area contributed by atoms with E-state index in [0.29, 0.717) is 36.1 Å². The summed E-state index contributed by atoms with van der Waals surface area (Å²) >= 11 is 1.55. The first-order valence-corrected chi connectivity index (χ1v) is 10.6. The molecule has 1 aromatic heterocycles. The average Bonchev–Trinajstić information content (AvgIpc) is 3.22. The van der Waals surface area contributed by atoms with Gasteiger partial charge in [0.1, 0.15) is 5.76 Å². The lowest BCUT2D eigenvalue weighted by Gasteiger charge is -2.36. The van der Waals surface area contributed by atoms with Crippen LogP contribution in [0.3, 0.4) is 0 Å². The van der Waals surface area contributed by atoms with E-state index in [9.17, 15) is 9.59 Å². The van der Waals surface area contributed by atoms with E-state index in [1.165, 1.54) is 6.42 Å². The molecule has 1 saturated heterocycles. The predicted octanol–water partition coefficient (Wildman–Crippen LogP) is 2.99. The normalized spacial score (nSPS) is 20.1. The second-order valence-corrected chi connectivity index (χ2v) is 8.53. The SMILES string of the molecule is CN1CCCC(CN2C(=O)CSc3ccc(C(=O)NCc4ccco4)cc32)C1. The average molecular weight is 400 g/mol. The van der Waals surface area contributed by atoms with Gasteiger partial charge in [0, 0.05) is 23.5 Å². The van der Waals surface area contributed by atoms with Crippen LogP contribution in [0, 0.1) is 5.92 Å². The van der Waals surface area contributed by atoms with Crippen molar-refractivity contribution < 1.29 is 14.0 Å². The molecule has 4 rings (SSSR count). The number of benzene rings is 1. The van der Waals surface area contributed by atoms with Crippen LogP contribution in [0.4, 0.5) is 5.69 Å². The Hall–Kier alpha value is -2.25. The van der Waals surface area contributed by atoms with Crippen molar-refractivity contribution in [2.75, 3.05) is 37.3 Å². The number of hydrogen-bond acceptors (Lipinski definition) is 5. The number of thioether (sulfide) groups is 1. The number of anilines is 1. The molecule has 1 unspecified atom stereocenters. The topological polar surface area (TPSA) is 65.8 Å². The van der Waals surface area contributed by atoms with Gasteiger partial charge in [-0.2, -0.15) is 0 Å². The lowest BCUT2D eigenvalue weighted by atomic mass is 9.97. The molecular weight excluding hydrogens is 374 g/mol. The molecular formula is C21H25N3O3S. The Morgan fingerprint density at radius 2 is 2.25 bits per heavy atom. The van der Waals surface area contributed by atoms with Crippen LogP contribution in [-0.4, -0.2) is 49.1 Å². The Bertz CT molecular complexity index is 853. The van der Waals surface area contributed by atoms with E-state index < -0.39 is 0 Å². The fraction of sp³-hybridized carbons (Fsp3) is 0.429. The minimum Gasteiger partial charge on any atom is -0.467 e. The van der Waals surface area contributed by atoms with Gasteiger partial charge in [-0.25, -0.2) is 0 Å². The zero-order valence-corrected chi connectivity index (χ0v) is 16.8. The van der Waals surface area contributed by atoms with Crippen LogP contribution >= 0.6 is 11.8 Å². The van der Waals surface area contributed by atoms with E-state index in [4.69, 9.17) is 4.42 Å². The van der Waals surface area contributed by atoms with E-state index in [2.05, 4.69) is 17.3 Å². The van der Waals surface area contributed by atoms with Gasteiger partial charge >= 0.3 is 0 Å². The van der Waals surface area contributed by atoms with Gasteiger partial charge in [0.15, 0.2) is 0 Å². The number of nitrogens with zero attached hydrogens (tertiary/aromatic N) is 2. The lowest BCUT2D eigenvalue weighted by Crippen LogP contribution is -2.43. The van der Waals surface area contributed by atoms with Crippen molar-refractivity contribution in [1.29, 1.82) is 0 Å². The standard InChI is InChI=1S/C21H25N3O3S/c1-23-8-2-4-15(12-23)13-24-18-10-16(6-7-19(18)28-14-20(24)25)21(26)22-11-17-5-3-9-27-17/h3,5-7,9-10,15H,2,4,8,11-14H2,1H3,(H,22,26). The first-order valence-electron chi connectivity index (χ1n) is 9.66. The summed E-state index contributed by atoms with van der Waals surface area (Å²) in [4.78, 5) is 30.5. The fourth-order valence-electron chi connectivity index (χ4n) is 3.91. The van der Waals surface area contributed by atoms with Gasteiger partial charge in [-0.1, -0.05) is 0 Å². The smallest absolute Gasteiger partial charge is 0.251 e. The summed E-state index contributed by atoms with van der Waals surface area (Å²) < 4.78 is 5.26. The molecule has 0 spiro atoms. The molecule has 0 aliphatic carbocycles. The maximum atomic E-state index is 12.7. The van der Waals surface area contributed by atoms with Gasteiger partial charge in [0.25, 0.3) is 5.91 Å². The van der Waals surface area contributed by atoms with Crippen molar-refractivity contribution in [2.45, 2.75) is 24.3 Å². The molecule has 2 aliphatic heterocycles. The van der Waals surface area contributed by atoms with Crippen LogP contribution in [-0.2, 0) is 11.3 Å². The molecule has 3 heterocycles. The first-order chi connectivity index (χ1) is 13.6. The number of likely N-dealkylation sites (tertiary alicyclic amines) is 1. The van der Waals surface area contributed by atoms with Gasteiger partial charge < -0.3 is 19.5 Å². The van der Waals surface area contributed by atoms with E-state index >= 15 is 0 Å². The number of fused-ring (bicyclic) bond motifs is 1. The van der Waals surface area contributed by atoms with Crippen molar-refractivity contribution >= 4 is 29.3 Å². The second kappa shape index (κ2) is 8.41. The predicted molar refractivity (Wildman–Crippen MR) is 110 cm³/mol. The fourth-order valence-corrected chi connectivity index (χ4v) is 4.82. The number of carbonyl (C=O) groups excluding carboxylic acids is 2. The van der Waals surface area contributed by atoms with Gasteiger partial charge in [-0.3, -0.25) is 9.59 Å². The van der Waals surface area contributed by atoms with Crippen LogP contribution in [0.25, 0.3) is 0 Å². The van der Waals surface area contributed by atoms with Crippen LogP contribution in [0.15, 0.2) is 45.9 Å². The highest BCUT2D eigenvalue weighted by Crippen LogP contribution is 2.37. The van der Waals surface area contributed by atoms with Crippen molar-refractivity contribution in [3.8, 4) is 0 Å². The maximum absolute atomic E-state index is 12.7. The minimum atomic E-state index is -0.167. The molecule has 1 aromatic carbocycles. The van der Waals surface area contributed by atoms with Crippen LogP contribution in [0.2, 0.25) is 0 Å². The maximum Gasteiger partial charge on any atom is 0.251 e. The summed E-state index contributed by atoms with van der Waals surface area (Å²) in [5.74, 6) is 1.59. The third-order valence-corrected chi connectivity index (χ3v) is 6.38. The number of hydrogen-bond donors (Lipinski definition) is 1. The van der Waals surface area contributed by atoms with E-state index in [1.54, 1.807) is 24.1 Å². The third-order valence-electron chi connectivity index (χ3n) is 5.33. The van der Waals surface area contributed by atoms with Gasteiger partial charge in [0.2, 0.25) is 5.91 Å². The molecule has 2 amide bonds.